The van der Waals surface area contributed by atoms with Gasteiger partial charge in [0.05, 0.1) is 6.04 Å². The number of hydrogen-bond donors (Lipinski definition) is 1. The zero-order valence-electron chi connectivity index (χ0n) is 14.7. The molecule has 1 aromatic rings. The van der Waals surface area contributed by atoms with Crippen LogP contribution in [0.4, 0.5) is 4.79 Å². The molecule has 1 heterocycles. The Balaban J connectivity index is 2.05. The van der Waals surface area contributed by atoms with E-state index < -0.39 is 0 Å². The smallest absolute Gasteiger partial charge is 0.317 e. The fourth-order valence-electron chi connectivity index (χ4n) is 2.96. The standard InChI is InChI=1S/C18H30N4O/c1-4-22(5-2)18(23)19-17(16-9-7-6-8-10-16)15-21-13-11-20(3)12-14-21/h6-10,17H,4-5,11-15H2,1-3H3,(H,19,23). The van der Waals surface area contributed by atoms with Crippen LogP contribution in [0.1, 0.15) is 25.5 Å². The Morgan fingerprint density at radius 3 is 2.30 bits per heavy atom. The van der Waals surface area contributed by atoms with E-state index in [2.05, 4.69) is 34.3 Å². The second kappa shape index (κ2) is 8.89. The molecule has 0 spiro atoms. The number of urea groups is 1. The van der Waals surface area contributed by atoms with Gasteiger partial charge in [0.2, 0.25) is 0 Å². The van der Waals surface area contributed by atoms with Crippen LogP contribution in [-0.2, 0) is 0 Å². The molecule has 5 nitrogen and oxygen atoms in total. The maximum atomic E-state index is 12.5. The summed E-state index contributed by atoms with van der Waals surface area (Å²) in [6.07, 6.45) is 0. The number of nitrogens with zero attached hydrogens (tertiary/aromatic N) is 3. The van der Waals surface area contributed by atoms with E-state index in [0.29, 0.717) is 0 Å². The second-order valence-electron chi connectivity index (χ2n) is 6.19. The fraction of sp³-hybridized carbons (Fsp3) is 0.611. The number of amides is 2. The van der Waals surface area contributed by atoms with Crippen molar-refractivity contribution in [3.8, 4) is 0 Å². The summed E-state index contributed by atoms with van der Waals surface area (Å²) >= 11 is 0. The lowest BCUT2D eigenvalue weighted by Crippen LogP contribution is -2.49. The van der Waals surface area contributed by atoms with Gasteiger partial charge in [0.25, 0.3) is 0 Å². The van der Waals surface area contributed by atoms with Crippen LogP contribution < -0.4 is 5.32 Å². The number of piperazine rings is 1. The number of hydrogen-bond acceptors (Lipinski definition) is 3. The summed E-state index contributed by atoms with van der Waals surface area (Å²) in [6.45, 7) is 10.7. The topological polar surface area (TPSA) is 38.8 Å². The molecular formula is C18H30N4O. The lowest BCUT2D eigenvalue weighted by atomic mass is 10.1. The highest BCUT2D eigenvalue weighted by molar-refractivity contribution is 5.74. The fourth-order valence-corrected chi connectivity index (χ4v) is 2.96. The Hall–Kier alpha value is -1.59. The van der Waals surface area contributed by atoms with Gasteiger partial charge < -0.3 is 15.1 Å². The number of rotatable bonds is 6. The van der Waals surface area contributed by atoms with E-state index in [0.717, 1.165) is 45.8 Å². The van der Waals surface area contributed by atoms with Crippen molar-refractivity contribution in [1.29, 1.82) is 0 Å². The van der Waals surface area contributed by atoms with E-state index in [1.165, 1.54) is 5.56 Å². The average molecular weight is 318 g/mol. The highest BCUT2D eigenvalue weighted by Crippen LogP contribution is 2.16. The van der Waals surface area contributed by atoms with Gasteiger partial charge in [0.1, 0.15) is 0 Å². The van der Waals surface area contributed by atoms with Crippen LogP contribution in [0.3, 0.4) is 0 Å². The van der Waals surface area contributed by atoms with E-state index in [1.807, 2.05) is 36.9 Å². The summed E-state index contributed by atoms with van der Waals surface area (Å²) in [5.74, 6) is 0. The first kappa shape index (κ1) is 17.8. The summed E-state index contributed by atoms with van der Waals surface area (Å²) in [7, 11) is 2.16. The van der Waals surface area contributed by atoms with Gasteiger partial charge in [-0.25, -0.2) is 4.79 Å². The zero-order valence-corrected chi connectivity index (χ0v) is 14.7. The Kier molecular flexibility index (Phi) is 6.86. The molecule has 1 aliphatic heterocycles. The lowest BCUT2D eigenvalue weighted by molar-refractivity contribution is 0.139. The summed E-state index contributed by atoms with van der Waals surface area (Å²) in [6, 6.07) is 10.4. The van der Waals surface area contributed by atoms with Crippen molar-refractivity contribution in [2.45, 2.75) is 19.9 Å². The first-order valence-electron chi connectivity index (χ1n) is 8.65. The summed E-state index contributed by atoms with van der Waals surface area (Å²) in [4.78, 5) is 19.1. The molecule has 0 bridgehead atoms. The SMILES string of the molecule is CCN(CC)C(=O)NC(CN1CCN(C)CC1)c1ccccc1. The van der Waals surface area contributed by atoms with Crippen LogP contribution >= 0.6 is 0 Å². The molecule has 5 heteroatoms. The molecule has 23 heavy (non-hydrogen) atoms. The van der Waals surface area contributed by atoms with Crippen LogP contribution in [-0.4, -0.2) is 73.6 Å². The average Bonchev–Trinajstić information content (AvgIpc) is 2.58. The largest absolute Gasteiger partial charge is 0.330 e. The Bertz CT molecular complexity index is 467. The Morgan fingerprint density at radius 2 is 1.74 bits per heavy atom. The molecule has 1 atom stereocenters. The summed E-state index contributed by atoms with van der Waals surface area (Å²) < 4.78 is 0. The molecule has 0 radical (unpaired) electrons. The maximum absolute atomic E-state index is 12.5. The number of likely N-dealkylation sites (N-methyl/N-ethyl adjacent to an activating group) is 1. The Labute approximate surface area is 140 Å². The minimum absolute atomic E-state index is 0.0259. The van der Waals surface area contributed by atoms with Gasteiger partial charge in [-0.1, -0.05) is 30.3 Å². The summed E-state index contributed by atoms with van der Waals surface area (Å²) in [5, 5.41) is 3.23. The van der Waals surface area contributed by atoms with Crippen molar-refractivity contribution in [3.63, 3.8) is 0 Å². The third kappa shape index (κ3) is 5.22. The van der Waals surface area contributed by atoms with E-state index >= 15 is 0 Å². The molecule has 1 unspecified atom stereocenters. The van der Waals surface area contributed by atoms with Crippen LogP contribution in [0.15, 0.2) is 30.3 Å². The third-order valence-corrected chi connectivity index (χ3v) is 4.59. The molecule has 2 rings (SSSR count). The van der Waals surface area contributed by atoms with E-state index in [-0.39, 0.29) is 12.1 Å². The number of benzene rings is 1. The van der Waals surface area contributed by atoms with Crippen molar-refractivity contribution in [2.24, 2.45) is 0 Å². The van der Waals surface area contributed by atoms with E-state index in [1.54, 1.807) is 0 Å². The minimum atomic E-state index is 0.0259. The summed E-state index contributed by atoms with van der Waals surface area (Å²) in [5.41, 5.74) is 1.17. The molecule has 1 aliphatic rings. The van der Waals surface area contributed by atoms with Crippen molar-refractivity contribution in [2.75, 3.05) is 52.9 Å². The van der Waals surface area contributed by atoms with Crippen molar-refractivity contribution in [1.82, 2.24) is 20.0 Å². The van der Waals surface area contributed by atoms with E-state index in [4.69, 9.17) is 0 Å². The lowest BCUT2D eigenvalue weighted by Gasteiger charge is -2.35. The predicted molar refractivity (Wildman–Crippen MR) is 94.6 cm³/mol. The number of carbonyl (C=O) groups excluding carboxylic acids is 1. The van der Waals surface area contributed by atoms with Crippen LogP contribution in [0.5, 0.6) is 0 Å². The van der Waals surface area contributed by atoms with Crippen LogP contribution in [0, 0.1) is 0 Å². The molecule has 0 saturated carbocycles. The van der Waals surface area contributed by atoms with Crippen molar-refractivity contribution < 1.29 is 4.79 Å². The van der Waals surface area contributed by atoms with Crippen LogP contribution in [0.2, 0.25) is 0 Å². The minimum Gasteiger partial charge on any atom is -0.330 e. The monoisotopic (exact) mass is 318 g/mol. The predicted octanol–water partition coefficient (Wildman–Crippen LogP) is 2.03. The van der Waals surface area contributed by atoms with Crippen molar-refractivity contribution in [3.05, 3.63) is 35.9 Å². The third-order valence-electron chi connectivity index (χ3n) is 4.59. The van der Waals surface area contributed by atoms with Gasteiger partial charge in [0, 0.05) is 45.8 Å². The van der Waals surface area contributed by atoms with Crippen molar-refractivity contribution >= 4 is 6.03 Å². The molecule has 1 fully saturated rings. The quantitative estimate of drug-likeness (QED) is 0.872. The second-order valence-corrected chi connectivity index (χ2v) is 6.19. The van der Waals surface area contributed by atoms with Gasteiger partial charge in [-0.15, -0.1) is 0 Å². The van der Waals surface area contributed by atoms with Gasteiger partial charge >= 0.3 is 6.03 Å². The number of nitrogens with one attached hydrogen (secondary N) is 1. The highest BCUT2D eigenvalue weighted by atomic mass is 16.2. The van der Waals surface area contributed by atoms with Gasteiger partial charge in [-0.3, -0.25) is 4.90 Å². The normalized spacial score (nSPS) is 17.7. The molecule has 2 amide bonds. The molecule has 128 valence electrons. The maximum Gasteiger partial charge on any atom is 0.317 e. The molecule has 0 aromatic heterocycles. The molecule has 0 aliphatic carbocycles. The molecule has 1 saturated heterocycles. The first-order valence-corrected chi connectivity index (χ1v) is 8.65. The molecule has 1 aromatic carbocycles. The van der Waals surface area contributed by atoms with E-state index in [9.17, 15) is 4.79 Å². The molecular weight excluding hydrogens is 288 g/mol. The zero-order chi connectivity index (χ0) is 16.7. The van der Waals surface area contributed by atoms with Crippen LogP contribution in [0.25, 0.3) is 0 Å². The van der Waals surface area contributed by atoms with Gasteiger partial charge in [0.15, 0.2) is 0 Å². The van der Waals surface area contributed by atoms with Gasteiger partial charge in [-0.05, 0) is 26.5 Å². The first-order chi connectivity index (χ1) is 11.1. The highest BCUT2D eigenvalue weighted by Gasteiger charge is 2.22. The number of carbonyl (C=O) groups is 1. The molecule has 1 N–H and O–H groups in total. The Morgan fingerprint density at radius 1 is 1.13 bits per heavy atom. The van der Waals surface area contributed by atoms with Gasteiger partial charge in [-0.2, -0.15) is 0 Å².